The van der Waals surface area contributed by atoms with E-state index in [9.17, 15) is 4.79 Å². The number of alkyl halides is 1. The molecule has 0 bridgehead atoms. The third-order valence-electron chi connectivity index (χ3n) is 1.92. The zero-order valence-electron chi connectivity index (χ0n) is 8.29. The van der Waals surface area contributed by atoms with Crippen molar-refractivity contribution >= 4 is 38.1 Å². The number of halogens is 2. The zero-order valence-corrected chi connectivity index (χ0v) is 11.5. The van der Waals surface area contributed by atoms with E-state index in [-0.39, 0.29) is 4.83 Å². The highest BCUT2D eigenvalue weighted by atomic mass is 79.9. The van der Waals surface area contributed by atoms with Crippen molar-refractivity contribution in [1.29, 1.82) is 0 Å². The van der Waals surface area contributed by atoms with E-state index in [1.54, 1.807) is 26.4 Å². The molecule has 1 aromatic carbocycles. The average Bonchev–Trinajstić information content (AvgIpc) is 2.27. The zero-order chi connectivity index (χ0) is 11.4. The van der Waals surface area contributed by atoms with Crippen LogP contribution in [0.3, 0.4) is 0 Å². The molecule has 0 saturated heterocycles. The Hall–Kier alpha value is -0.550. The minimum atomic E-state index is -0.380. The average molecular weight is 338 g/mol. The molecule has 0 radical (unpaired) electrons. The van der Waals surface area contributed by atoms with Crippen LogP contribution < -0.4 is 9.47 Å². The molecule has 0 heterocycles. The molecule has 82 valence electrons. The Morgan fingerprint density at radius 1 is 1.27 bits per heavy atom. The topological polar surface area (TPSA) is 35.5 Å². The Morgan fingerprint density at radius 2 is 1.87 bits per heavy atom. The first-order chi connectivity index (χ1) is 7.13. The molecule has 0 fully saturated rings. The Bertz CT molecular complexity index is 366. The van der Waals surface area contributed by atoms with E-state index in [0.717, 1.165) is 16.3 Å². The summed E-state index contributed by atoms with van der Waals surface area (Å²) in [5.74, 6) is 1.28. The van der Waals surface area contributed by atoms with Crippen molar-refractivity contribution in [2.24, 2.45) is 0 Å². The summed E-state index contributed by atoms with van der Waals surface area (Å²) >= 11 is 6.60. The molecular formula is C10H10Br2O3. The fourth-order valence-corrected chi connectivity index (χ4v) is 2.05. The summed E-state index contributed by atoms with van der Waals surface area (Å²) < 4.78 is 11.1. The van der Waals surface area contributed by atoms with E-state index < -0.39 is 0 Å². The Kier molecular flexibility index (Phi) is 4.60. The Morgan fingerprint density at radius 3 is 2.33 bits per heavy atom. The van der Waals surface area contributed by atoms with Crippen LogP contribution >= 0.6 is 31.9 Å². The van der Waals surface area contributed by atoms with Crippen molar-refractivity contribution < 1.29 is 14.3 Å². The number of aldehydes is 1. The van der Waals surface area contributed by atoms with Gasteiger partial charge in [-0.3, -0.25) is 0 Å². The van der Waals surface area contributed by atoms with Crippen molar-refractivity contribution in [3.8, 4) is 11.5 Å². The molecule has 0 N–H and O–H groups in total. The summed E-state index contributed by atoms with van der Waals surface area (Å²) in [6.07, 6.45) is 0.802. The first-order valence-electron chi connectivity index (χ1n) is 4.14. The van der Waals surface area contributed by atoms with E-state index in [1.807, 2.05) is 0 Å². The maximum Gasteiger partial charge on any atom is 0.138 e. The molecule has 0 aliphatic carbocycles. The number of hydrogen-bond acceptors (Lipinski definition) is 3. The van der Waals surface area contributed by atoms with Crippen molar-refractivity contribution in [1.82, 2.24) is 0 Å². The third-order valence-corrected chi connectivity index (χ3v) is 3.25. The molecule has 0 aliphatic rings. The quantitative estimate of drug-likeness (QED) is 0.625. The normalized spacial score (nSPS) is 12.0. The SMILES string of the molecule is COc1cc(OC)c([C@H](Br)C=O)cc1Br. The molecule has 1 rings (SSSR count). The minimum absolute atomic E-state index is 0.380. The second-order valence-corrected chi connectivity index (χ2v) is 4.61. The Labute approximate surface area is 105 Å². The number of carbonyl (C=O) groups is 1. The largest absolute Gasteiger partial charge is 0.496 e. The number of benzene rings is 1. The number of carbonyl (C=O) groups excluding carboxylic acids is 1. The van der Waals surface area contributed by atoms with Gasteiger partial charge in [-0.25, -0.2) is 0 Å². The van der Waals surface area contributed by atoms with Crippen LogP contribution in [0.1, 0.15) is 10.4 Å². The van der Waals surface area contributed by atoms with Crippen LogP contribution in [0.25, 0.3) is 0 Å². The molecule has 3 nitrogen and oxygen atoms in total. The van der Waals surface area contributed by atoms with Gasteiger partial charge in [0.15, 0.2) is 0 Å². The lowest BCUT2D eigenvalue weighted by Crippen LogP contribution is -1.97. The minimum Gasteiger partial charge on any atom is -0.496 e. The van der Waals surface area contributed by atoms with E-state index in [2.05, 4.69) is 31.9 Å². The fourth-order valence-electron chi connectivity index (χ4n) is 1.17. The van der Waals surface area contributed by atoms with Gasteiger partial charge in [-0.1, -0.05) is 15.9 Å². The highest BCUT2D eigenvalue weighted by Crippen LogP contribution is 2.37. The highest BCUT2D eigenvalue weighted by molar-refractivity contribution is 9.10. The second-order valence-electron chi connectivity index (χ2n) is 2.77. The molecule has 0 spiro atoms. The fraction of sp³-hybridized carbons (Fsp3) is 0.300. The lowest BCUT2D eigenvalue weighted by molar-refractivity contribution is -0.107. The number of methoxy groups -OCH3 is 2. The van der Waals surface area contributed by atoms with Gasteiger partial charge in [-0.05, 0) is 22.0 Å². The Balaban J connectivity index is 3.26. The van der Waals surface area contributed by atoms with Gasteiger partial charge in [-0.15, -0.1) is 0 Å². The van der Waals surface area contributed by atoms with Gasteiger partial charge >= 0.3 is 0 Å². The van der Waals surface area contributed by atoms with Gasteiger partial charge in [0, 0.05) is 11.6 Å². The van der Waals surface area contributed by atoms with Gasteiger partial charge in [0.1, 0.15) is 17.8 Å². The maximum absolute atomic E-state index is 10.7. The van der Waals surface area contributed by atoms with Crippen LogP contribution in [0.5, 0.6) is 11.5 Å². The van der Waals surface area contributed by atoms with Crippen molar-refractivity contribution in [3.63, 3.8) is 0 Å². The summed E-state index contributed by atoms with van der Waals surface area (Å²) in [6, 6.07) is 3.53. The predicted octanol–water partition coefficient (Wildman–Crippen LogP) is 3.10. The number of rotatable bonds is 4. The third kappa shape index (κ3) is 2.72. The summed E-state index contributed by atoms with van der Waals surface area (Å²) in [6.45, 7) is 0. The molecule has 0 unspecified atom stereocenters. The molecule has 0 amide bonds. The first kappa shape index (κ1) is 12.5. The van der Waals surface area contributed by atoms with Crippen molar-refractivity contribution in [2.45, 2.75) is 4.83 Å². The molecule has 0 saturated carbocycles. The molecule has 5 heteroatoms. The number of ether oxygens (including phenoxy) is 2. The molecular weight excluding hydrogens is 328 g/mol. The van der Waals surface area contributed by atoms with E-state index >= 15 is 0 Å². The molecule has 15 heavy (non-hydrogen) atoms. The summed E-state index contributed by atoms with van der Waals surface area (Å²) in [7, 11) is 3.13. The summed E-state index contributed by atoms with van der Waals surface area (Å²) in [5.41, 5.74) is 0.764. The van der Waals surface area contributed by atoms with Crippen molar-refractivity contribution in [2.75, 3.05) is 14.2 Å². The summed E-state index contributed by atoms with van der Waals surface area (Å²) in [4.78, 5) is 10.3. The van der Waals surface area contributed by atoms with E-state index in [4.69, 9.17) is 9.47 Å². The van der Waals surface area contributed by atoms with Crippen LogP contribution in [0.2, 0.25) is 0 Å². The van der Waals surface area contributed by atoms with E-state index in [1.165, 1.54) is 0 Å². The number of hydrogen-bond donors (Lipinski definition) is 0. The monoisotopic (exact) mass is 336 g/mol. The van der Waals surface area contributed by atoms with Gasteiger partial charge in [-0.2, -0.15) is 0 Å². The maximum atomic E-state index is 10.7. The smallest absolute Gasteiger partial charge is 0.138 e. The molecule has 0 aromatic heterocycles. The molecule has 1 aromatic rings. The standard InChI is InChI=1S/C10H10Br2O3/c1-14-9-4-10(15-2)7(11)3-6(9)8(12)5-13/h3-5,8H,1-2H3/t8-/m1/s1. The van der Waals surface area contributed by atoms with Crippen LogP contribution in [-0.4, -0.2) is 20.5 Å². The van der Waals surface area contributed by atoms with E-state index in [0.29, 0.717) is 11.5 Å². The van der Waals surface area contributed by atoms with Gasteiger partial charge in [0.2, 0.25) is 0 Å². The van der Waals surface area contributed by atoms with Gasteiger partial charge in [0.05, 0.1) is 23.5 Å². The molecule has 0 aliphatic heterocycles. The summed E-state index contributed by atoms with van der Waals surface area (Å²) in [5, 5.41) is 0. The van der Waals surface area contributed by atoms with Crippen molar-refractivity contribution in [3.05, 3.63) is 22.2 Å². The predicted molar refractivity (Wildman–Crippen MR) is 65.0 cm³/mol. The van der Waals surface area contributed by atoms with Crippen LogP contribution in [-0.2, 0) is 4.79 Å². The lowest BCUT2D eigenvalue weighted by atomic mass is 10.1. The second kappa shape index (κ2) is 5.51. The lowest BCUT2D eigenvalue weighted by Gasteiger charge is -2.12. The highest BCUT2D eigenvalue weighted by Gasteiger charge is 2.15. The van der Waals surface area contributed by atoms with Crippen LogP contribution in [0.15, 0.2) is 16.6 Å². The first-order valence-corrected chi connectivity index (χ1v) is 5.85. The molecule has 1 atom stereocenters. The van der Waals surface area contributed by atoms with Crippen LogP contribution in [0, 0.1) is 0 Å². The van der Waals surface area contributed by atoms with Crippen LogP contribution in [0.4, 0.5) is 0 Å². The van der Waals surface area contributed by atoms with Gasteiger partial charge < -0.3 is 14.3 Å². The van der Waals surface area contributed by atoms with Gasteiger partial charge in [0.25, 0.3) is 0 Å².